The molecule has 0 radical (unpaired) electrons. The highest BCUT2D eigenvalue weighted by molar-refractivity contribution is 5.87. The summed E-state index contributed by atoms with van der Waals surface area (Å²) in [5.74, 6) is 0.341. The minimum absolute atomic E-state index is 0.341. The van der Waals surface area contributed by atoms with Crippen molar-refractivity contribution in [2.24, 2.45) is 0 Å². The molecule has 0 fully saturated rings. The fraction of sp³-hybridized carbons (Fsp3) is 0.250. The van der Waals surface area contributed by atoms with Crippen LogP contribution in [0.1, 0.15) is 12.0 Å². The van der Waals surface area contributed by atoms with Crippen molar-refractivity contribution in [3.63, 3.8) is 0 Å². The summed E-state index contributed by atoms with van der Waals surface area (Å²) in [4.78, 5) is 0. The van der Waals surface area contributed by atoms with Gasteiger partial charge >= 0.3 is 0 Å². The van der Waals surface area contributed by atoms with Crippen LogP contribution in [0.25, 0.3) is 10.8 Å². The molecule has 3 heteroatoms. The molecule has 2 aromatic rings. The molecule has 0 saturated heterocycles. The first-order valence-electron chi connectivity index (χ1n) is 6.45. The van der Waals surface area contributed by atoms with Crippen LogP contribution in [0.3, 0.4) is 0 Å². The molecular formula is C16H19NO2. The van der Waals surface area contributed by atoms with Crippen molar-refractivity contribution in [2.75, 3.05) is 13.2 Å². The molecule has 2 aromatic carbocycles. The molecule has 0 amide bonds. The van der Waals surface area contributed by atoms with Crippen LogP contribution in [-0.2, 0) is 11.3 Å². The van der Waals surface area contributed by atoms with E-state index < -0.39 is 0 Å². The number of rotatable bonds is 7. The maximum Gasteiger partial charge on any atom is 0.120 e. The van der Waals surface area contributed by atoms with Crippen LogP contribution in [-0.4, -0.2) is 18.3 Å². The van der Waals surface area contributed by atoms with E-state index in [1.165, 1.54) is 6.26 Å². The molecule has 0 heterocycles. The van der Waals surface area contributed by atoms with Crippen LogP contribution in [0.5, 0.6) is 5.75 Å². The van der Waals surface area contributed by atoms with Crippen LogP contribution in [0.4, 0.5) is 0 Å². The second-order valence-electron chi connectivity index (χ2n) is 4.35. The number of phenols is 1. The third-order valence-electron chi connectivity index (χ3n) is 3.05. The van der Waals surface area contributed by atoms with Crippen molar-refractivity contribution < 1.29 is 9.84 Å². The summed E-state index contributed by atoms with van der Waals surface area (Å²) in [6, 6.07) is 11.8. The predicted octanol–water partition coefficient (Wildman–Crippen LogP) is 3.19. The molecule has 19 heavy (non-hydrogen) atoms. The number of hydrogen-bond acceptors (Lipinski definition) is 3. The summed E-state index contributed by atoms with van der Waals surface area (Å²) in [5.41, 5.74) is 0.947. The summed E-state index contributed by atoms with van der Waals surface area (Å²) in [7, 11) is 0. The lowest BCUT2D eigenvalue weighted by molar-refractivity contribution is 0.244. The second-order valence-corrected chi connectivity index (χ2v) is 4.35. The zero-order valence-electron chi connectivity index (χ0n) is 10.9. The Morgan fingerprint density at radius 2 is 2.05 bits per heavy atom. The van der Waals surface area contributed by atoms with Gasteiger partial charge in [0, 0.05) is 12.1 Å². The van der Waals surface area contributed by atoms with E-state index >= 15 is 0 Å². The molecular weight excluding hydrogens is 238 g/mol. The topological polar surface area (TPSA) is 41.5 Å². The molecule has 100 valence electrons. The lowest BCUT2D eigenvalue weighted by Crippen LogP contribution is -2.16. The highest BCUT2D eigenvalue weighted by Gasteiger charge is 2.05. The molecule has 0 bridgehead atoms. The SMILES string of the molecule is C=COCCCNCc1c(O)ccc2ccccc12. The lowest BCUT2D eigenvalue weighted by atomic mass is 10.0. The van der Waals surface area contributed by atoms with Crippen molar-refractivity contribution in [3.05, 3.63) is 54.8 Å². The minimum atomic E-state index is 0.341. The number of aromatic hydroxyl groups is 1. The molecule has 2 N–H and O–H groups in total. The first-order chi connectivity index (χ1) is 9.33. The smallest absolute Gasteiger partial charge is 0.120 e. The molecule has 0 aromatic heterocycles. The molecule has 0 aliphatic carbocycles. The largest absolute Gasteiger partial charge is 0.508 e. The molecule has 0 aliphatic heterocycles. The van der Waals surface area contributed by atoms with Crippen molar-refractivity contribution in [2.45, 2.75) is 13.0 Å². The third kappa shape index (κ3) is 3.48. The van der Waals surface area contributed by atoms with E-state index in [0.717, 1.165) is 29.3 Å². The zero-order chi connectivity index (χ0) is 13.5. The summed E-state index contributed by atoms with van der Waals surface area (Å²) in [6.45, 7) is 5.66. The van der Waals surface area contributed by atoms with E-state index in [1.54, 1.807) is 6.07 Å². The van der Waals surface area contributed by atoms with Crippen molar-refractivity contribution in [1.29, 1.82) is 0 Å². The lowest BCUT2D eigenvalue weighted by Gasteiger charge is -2.10. The fourth-order valence-electron chi connectivity index (χ4n) is 2.09. The van der Waals surface area contributed by atoms with Gasteiger partial charge in [0.25, 0.3) is 0 Å². The van der Waals surface area contributed by atoms with Crippen LogP contribution in [0, 0.1) is 0 Å². The first kappa shape index (κ1) is 13.4. The van der Waals surface area contributed by atoms with Gasteiger partial charge in [-0.25, -0.2) is 0 Å². The van der Waals surface area contributed by atoms with Gasteiger partial charge in [-0.05, 0) is 29.8 Å². The van der Waals surface area contributed by atoms with Gasteiger partial charge in [0.2, 0.25) is 0 Å². The van der Waals surface area contributed by atoms with E-state index in [1.807, 2.05) is 24.3 Å². The number of ether oxygens (including phenoxy) is 1. The molecule has 0 aliphatic rings. The third-order valence-corrected chi connectivity index (χ3v) is 3.05. The van der Waals surface area contributed by atoms with Crippen molar-refractivity contribution >= 4 is 10.8 Å². The maximum absolute atomic E-state index is 9.97. The van der Waals surface area contributed by atoms with Crippen LogP contribution in [0.2, 0.25) is 0 Å². The molecule has 3 nitrogen and oxygen atoms in total. The Labute approximate surface area is 113 Å². The van der Waals surface area contributed by atoms with E-state index in [-0.39, 0.29) is 0 Å². The van der Waals surface area contributed by atoms with Crippen LogP contribution >= 0.6 is 0 Å². The highest BCUT2D eigenvalue weighted by Crippen LogP contribution is 2.26. The highest BCUT2D eigenvalue weighted by atomic mass is 16.5. The van der Waals surface area contributed by atoms with E-state index in [9.17, 15) is 5.11 Å². The van der Waals surface area contributed by atoms with Crippen LogP contribution < -0.4 is 5.32 Å². The Morgan fingerprint density at radius 1 is 1.21 bits per heavy atom. The van der Waals surface area contributed by atoms with Crippen molar-refractivity contribution in [3.8, 4) is 5.75 Å². The van der Waals surface area contributed by atoms with Gasteiger partial charge in [-0.1, -0.05) is 36.9 Å². The summed E-state index contributed by atoms with van der Waals surface area (Å²) in [6.07, 6.45) is 2.37. The van der Waals surface area contributed by atoms with Gasteiger partial charge in [0.1, 0.15) is 5.75 Å². The van der Waals surface area contributed by atoms with Gasteiger partial charge in [-0.2, -0.15) is 0 Å². The molecule has 2 rings (SSSR count). The Bertz CT molecular complexity index is 551. The van der Waals surface area contributed by atoms with Gasteiger partial charge in [0.15, 0.2) is 0 Å². The fourth-order valence-corrected chi connectivity index (χ4v) is 2.09. The molecule has 0 spiro atoms. The number of nitrogens with one attached hydrogen (secondary N) is 1. The number of benzene rings is 2. The van der Waals surface area contributed by atoms with E-state index in [4.69, 9.17) is 4.74 Å². The Balaban J connectivity index is 1.99. The Kier molecular flexibility index (Phi) is 4.81. The molecule has 0 unspecified atom stereocenters. The second kappa shape index (κ2) is 6.81. The normalized spacial score (nSPS) is 10.5. The maximum atomic E-state index is 9.97. The summed E-state index contributed by atoms with van der Waals surface area (Å²) >= 11 is 0. The molecule has 0 atom stereocenters. The Hall–Kier alpha value is -2.00. The summed E-state index contributed by atoms with van der Waals surface area (Å²) < 4.78 is 5.05. The monoisotopic (exact) mass is 257 g/mol. The number of phenolic OH excluding ortho intramolecular Hbond substituents is 1. The van der Waals surface area contributed by atoms with Gasteiger partial charge in [-0.15, -0.1) is 0 Å². The zero-order valence-corrected chi connectivity index (χ0v) is 10.9. The average Bonchev–Trinajstić information content (AvgIpc) is 2.44. The van der Waals surface area contributed by atoms with Gasteiger partial charge in [0.05, 0.1) is 12.9 Å². The first-order valence-corrected chi connectivity index (χ1v) is 6.45. The number of fused-ring (bicyclic) bond motifs is 1. The van der Waals surface area contributed by atoms with Crippen molar-refractivity contribution in [1.82, 2.24) is 5.32 Å². The van der Waals surface area contributed by atoms with Gasteiger partial charge < -0.3 is 15.2 Å². The quantitative estimate of drug-likeness (QED) is 0.591. The summed E-state index contributed by atoms with van der Waals surface area (Å²) in [5, 5.41) is 15.5. The van der Waals surface area contributed by atoms with E-state index in [0.29, 0.717) is 18.9 Å². The molecule has 0 saturated carbocycles. The standard InChI is InChI=1S/C16H19NO2/c1-2-19-11-5-10-17-12-15-14-7-4-3-6-13(14)8-9-16(15)18/h2-4,6-9,17-18H,1,5,10-12H2. The minimum Gasteiger partial charge on any atom is -0.508 e. The number of hydrogen-bond donors (Lipinski definition) is 2. The average molecular weight is 257 g/mol. The Morgan fingerprint density at radius 3 is 2.89 bits per heavy atom. The van der Waals surface area contributed by atoms with Gasteiger partial charge in [-0.3, -0.25) is 0 Å². The predicted molar refractivity (Wildman–Crippen MR) is 78.1 cm³/mol. The van der Waals surface area contributed by atoms with Crippen LogP contribution in [0.15, 0.2) is 49.2 Å². The van der Waals surface area contributed by atoms with E-state index in [2.05, 4.69) is 18.0 Å².